The molecule has 2 rings (SSSR count). The van der Waals surface area contributed by atoms with Crippen LogP contribution < -0.4 is 0 Å². The first-order valence-corrected chi connectivity index (χ1v) is 4.52. The van der Waals surface area contributed by atoms with Crippen LogP contribution in [0.4, 0.5) is 0 Å². The number of imidazole rings is 1. The van der Waals surface area contributed by atoms with Crippen molar-refractivity contribution in [1.82, 2.24) is 14.4 Å². The second kappa shape index (κ2) is 3.15. The molecule has 0 amide bonds. The summed E-state index contributed by atoms with van der Waals surface area (Å²) < 4.78 is 1.91. The standard InChI is InChI=1S/C11H11N3/c1-4-9-6-14-7-10(8(2)3)12-5-11(14)13-9/h1,5-8H,2-3H3. The highest BCUT2D eigenvalue weighted by atomic mass is 15.0. The zero-order valence-electron chi connectivity index (χ0n) is 8.23. The normalized spacial score (nSPS) is 10.7. The summed E-state index contributed by atoms with van der Waals surface area (Å²) in [4.78, 5) is 8.50. The second-order valence-electron chi connectivity index (χ2n) is 3.50. The molecular weight excluding hydrogens is 174 g/mol. The molecule has 0 fully saturated rings. The van der Waals surface area contributed by atoms with E-state index in [-0.39, 0.29) is 0 Å². The van der Waals surface area contributed by atoms with Gasteiger partial charge in [-0.3, -0.25) is 4.98 Å². The molecule has 70 valence electrons. The maximum Gasteiger partial charge on any atom is 0.156 e. The minimum atomic E-state index is 0.413. The van der Waals surface area contributed by atoms with Gasteiger partial charge < -0.3 is 4.40 Å². The maximum atomic E-state index is 5.27. The summed E-state index contributed by atoms with van der Waals surface area (Å²) in [5, 5.41) is 0. The Bertz CT molecular complexity index is 503. The minimum Gasteiger partial charge on any atom is -0.303 e. The lowest BCUT2D eigenvalue weighted by Gasteiger charge is -2.03. The monoisotopic (exact) mass is 185 g/mol. The van der Waals surface area contributed by atoms with Crippen LogP contribution in [0.1, 0.15) is 31.2 Å². The number of hydrogen-bond donors (Lipinski definition) is 0. The van der Waals surface area contributed by atoms with Gasteiger partial charge in [0, 0.05) is 12.4 Å². The van der Waals surface area contributed by atoms with Crippen LogP contribution >= 0.6 is 0 Å². The van der Waals surface area contributed by atoms with Gasteiger partial charge in [-0.2, -0.15) is 0 Å². The molecular formula is C11H11N3. The predicted octanol–water partition coefficient (Wildman–Crippen LogP) is 1.83. The van der Waals surface area contributed by atoms with E-state index >= 15 is 0 Å². The molecule has 0 N–H and O–H groups in total. The number of rotatable bonds is 1. The molecule has 0 aliphatic heterocycles. The lowest BCUT2D eigenvalue weighted by Crippen LogP contribution is -1.95. The molecule has 0 saturated heterocycles. The third kappa shape index (κ3) is 1.35. The second-order valence-corrected chi connectivity index (χ2v) is 3.50. The molecule has 0 atom stereocenters. The van der Waals surface area contributed by atoms with E-state index in [0.717, 1.165) is 11.3 Å². The first kappa shape index (κ1) is 8.76. The van der Waals surface area contributed by atoms with Gasteiger partial charge in [-0.05, 0) is 11.8 Å². The van der Waals surface area contributed by atoms with E-state index in [1.165, 1.54) is 0 Å². The summed E-state index contributed by atoms with van der Waals surface area (Å²) in [6.07, 6.45) is 10.8. The lowest BCUT2D eigenvalue weighted by atomic mass is 10.1. The SMILES string of the molecule is C#Cc1cn2cc(C(C)C)ncc2n1. The van der Waals surface area contributed by atoms with Crippen molar-refractivity contribution in [2.45, 2.75) is 19.8 Å². The molecule has 3 nitrogen and oxygen atoms in total. The maximum absolute atomic E-state index is 5.27. The van der Waals surface area contributed by atoms with Gasteiger partial charge in [-0.15, -0.1) is 6.42 Å². The van der Waals surface area contributed by atoms with Crippen LogP contribution in [-0.2, 0) is 0 Å². The largest absolute Gasteiger partial charge is 0.303 e. The summed E-state index contributed by atoms with van der Waals surface area (Å²) in [5.41, 5.74) is 2.48. The summed E-state index contributed by atoms with van der Waals surface area (Å²) in [5.74, 6) is 2.92. The Balaban J connectivity index is 2.61. The highest BCUT2D eigenvalue weighted by molar-refractivity contribution is 5.41. The van der Waals surface area contributed by atoms with E-state index in [0.29, 0.717) is 11.6 Å². The third-order valence-corrected chi connectivity index (χ3v) is 2.10. The predicted molar refractivity (Wildman–Crippen MR) is 55.0 cm³/mol. The highest BCUT2D eigenvalue weighted by Crippen LogP contribution is 2.12. The number of nitrogens with zero attached hydrogens (tertiary/aromatic N) is 3. The van der Waals surface area contributed by atoms with Crippen molar-refractivity contribution in [3.8, 4) is 12.3 Å². The Morgan fingerprint density at radius 3 is 2.86 bits per heavy atom. The average Bonchev–Trinajstić information content (AvgIpc) is 2.58. The molecule has 14 heavy (non-hydrogen) atoms. The first-order chi connectivity index (χ1) is 6.70. The van der Waals surface area contributed by atoms with Crippen LogP contribution in [0, 0.1) is 12.3 Å². The van der Waals surface area contributed by atoms with Crippen LogP contribution in [0.25, 0.3) is 5.65 Å². The molecule has 2 heterocycles. The molecule has 0 spiro atoms. The molecule has 3 heteroatoms. The Hall–Kier alpha value is -1.82. The van der Waals surface area contributed by atoms with E-state index < -0.39 is 0 Å². The van der Waals surface area contributed by atoms with Gasteiger partial charge in [0.15, 0.2) is 5.65 Å². The molecule has 0 radical (unpaired) electrons. The fourth-order valence-electron chi connectivity index (χ4n) is 1.28. The van der Waals surface area contributed by atoms with E-state index in [2.05, 4.69) is 29.7 Å². The molecule has 0 saturated carbocycles. The molecule has 0 aliphatic carbocycles. The van der Waals surface area contributed by atoms with E-state index in [9.17, 15) is 0 Å². The van der Waals surface area contributed by atoms with Gasteiger partial charge in [0.25, 0.3) is 0 Å². The number of aromatic nitrogens is 3. The van der Waals surface area contributed by atoms with Gasteiger partial charge in [0.1, 0.15) is 5.69 Å². The molecule has 2 aromatic heterocycles. The topological polar surface area (TPSA) is 30.2 Å². The van der Waals surface area contributed by atoms with Crippen molar-refractivity contribution in [3.63, 3.8) is 0 Å². The Morgan fingerprint density at radius 2 is 2.21 bits per heavy atom. The molecule has 2 aromatic rings. The summed E-state index contributed by atoms with van der Waals surface area (Å²) in [6, 6.07) is 0. The van der Waals surface area contributed by atoms with Crippen LogP contribution in [-0.4, -0.2) is 14.4 Å². The van der Waals surface area contributed by atoms with Crippen LogP contribution in [0.5, 0.6) is 0 Å². The number of hydrogen-bond acceptors (Lipinski definition) is 2. The van der Waals surface area contributed by atoms with Crippen molar-refractivity contribution in [2.24, 2.45) is 0 Å². The Morgan fingerprint density at radius 1 is 1.43 bits per heavy atom. The molecule has 0 bridgehead atoms. The third-order valence-electron chi connectivity index (χ3n) is 2.10. The molecule has 0 unspecified atom stereocenters. The molecule has 0 aromatic carbocycles. The average molecular weight is 185 g/mol. The van der Waals surface area contributed by atoms with Gasteiger partial charge in [0.2, 0.25) is 0 Å². The van der Waals surface area contributed by atoms with E-state index in [1.54, 1.807) is 6.20 Å². The smallest absolute Gasteiger partial charge is 0.156 e. The van der Waals surface area contributed by atoms with E-state index in [4.69, 9.17) is 6.42 Å². The summed E-state index contributed by atoms with van der Waals surface area (Å²) in [6.45, 7) is 4.21. The van der Waals surface area contributed by atoms with Crippen LogP contribution in [0.3, 0.4) is 0 Å². The van der Waals surface area contributed by atoms with Crippen molar-refractivity contribution >= 4 is 5.65 Å². The van der Waals surface area contributed by atoms with Crippen LogP contribution in [0.2, 0.25) is 0 Å². The van der Waals surface area contributed by atoms with Gasteiger partial charge in [-0.25, -0.2) is 4.98 Å². The number of terminal acetylenes is 1. The van der Waals surface area contributed by atoms with Gasteiger partial charge >= 0.3 is 0 Å². The number of fused-ring (bicyclic) bond motifs is 1. The summed E-state index contributed by atoms with van der Waals surface area (Å²) >= 11 is 0. The quantitative estimate of drug-likeness (QED) is 0.634. The van der Waals surface area contributed by atoms with E-state index in [1.807, 2.05) is 16.8 Å². The molecule has 0 aliphatic rings. The van der Waals surface area contributed by atoms with Crippen molar-refractivity contribution in [2.75, 3.05) is 0 Å². The Kier molecular flexibility index (Phi) is 1.97. The summed E-state index contributed by atoms with van der Waals surface area (Å²) in [7, 11) is 0. The fourth-order valence-corrected chi connectivity index (χ4v) is 1.28. The Labute approximate surface area is 82.8 Å². The van der Waals surface area contributed by atoms with Crippen molar-refractivity contribution in [3.05, 3.63) is 30.0 Å². The zero-order chi connectivity index (χ0) is 10.1. The minimum absolute atomic E-state index is 0.413. The zero-order valence-corrected chi connectivity index (χ0v) is 8.23. The lowest BCUT2D eigenvalue weighted by molar-refractivity contribution is 0.808. The highest BCUT2D eigenvalue weighted by Gasteiger charge is 2.04. The van der Waals surface area contributed by atoms with Gasteiger partial charge in [0.05, 0.1) is 11.9 Å². The van der Waals surface area contributed by atoms with Crippen molar-refractivity contribution < 1.29 is 0 Å². The van der Waals surface area contributed by atoms with Crippen molar-refractivity contribution in [1.29, 1.82) is 0 Å². The fraction of sp³-hybridized carbons (Fsp3) is 0.273. The first-order valence-electron chi connectivity index (χ1n) is 4.52. The van der Waals surface area contributed by atoms with Crippen LogP contribution in [0.15, 0.2) is 18.6 Å². The van der Waals surface area contributed by atoms with Gasteiger partial charge in [-0.1, -0.05) is 13.8 Å².